The lowest BCUT2D eigenvalue weighted by Gasteiger charge is -2.11. The summed E-state index contributed by atoms with van der Waals surface area (Å²) in [5, 5.41) is 11.2. The summed E-state index contributed by atoms with van der Waals surface area (Å²) in [4.78, 5) is 20.6. The van der Waals surface area contributed by atoms with E-state index in [4.69, 9.17) is 0 Å². The van der Waals surface area contributed by atoms with Gasteiger partial charge in [-0.05, 0) is 38.1 Å². The van der Waals surface area contributed by atoms with Gasteiger partial charge in [-0.1, -0.05) is 17.7 Å². The van der Waals surface area contributed by atoms with Crippen LogP contribution in [-0.4, -0.2) is 29.1 Å². The fraction of sp³-hybridized carbons (Fsp3) is 0.190. The maximum atomic E-state index is 13.2. The molecule has 0 unspecified atom stereocenters. The standard InChI is InChI=1S/C21H22F2N6O/c1-13-3-5-17(6-4-13)27-19-9-14(2)26-20(29-19)24-7-8-25-21(30)28-18-11-15(22)10-16(23)12-18/h3-6,9-12H,7-8H2,1-2H3,(H2,25,28,30)(H2,24,26,27,29). The van der Waals surface area contributed by atoms with Gasteiger partial charge in [-0.25, -0.2) is 18.6 Å². The van der Waals surface area contributed by atoms with E-state index < -0.39 is 17.7 Å². The lowest BCUT2D eigenvalue weighted by atomic mass is 10.2. The highest BCUT2D eigenvalue weighted by molar-refractivity contribution is 5.89. The minimum atomic E-state index is -0.765. The quantitative estimate of drug-likeness (QED) is 0.433. The molecule has 0 aliphatic heterocycles. The molecule has 0 aliphatic rings. The monoisotopic (exact) mass is 412 g/mol. The van der Waals surface area contributed by atoms with Crippen LogP contribution in [0, 0.1) is 25.5 Å². The van der Waals surface area contributed by atoms with Crippen LogP contribution in [0.15, 0.2) is 48.5 Å². The van der Waals surface area contributed by atoms with Crippen LogP contribution in [0.2, 0.25) is 0 Å². The molecule has 1 heterocycles. The molecule has 9 heteroatoms. The van der Waals surface area contributed by atoms with E-state index in [1.165, 1.54) is 5.56 Å². The van der Waals surface area contributed by atoms with Crippen molar-refractivity contribution in [1.82, 2.24) is 15.3 Å². The number of anilines is 4. The lowest BCUT2D eigenvalue weighted by molar-refractivity contribution is 0.252. The molecule has 0 radical (unpaired) electrons. The van der Waals surface area contributed by atoms with Crippen LogP contribution >= 0.6 is 0 Å². The van der Waals surface area contributed by atoms with Gasteiger partial charge in [0.1, 0.15) is 17.5 Å². The Labute approximate surface area is 173 Å². The number of halogens is 2. The van der Waals surface area contributed by atoms with Gasteiger partial charge in [0.2, 0.25) is 5.95 Å². The van der Waals surface area contributed by atoms with Crippen LogP contribution in [0.4, 0.5) is 36.7 Å². The van der Waals surface area contributed by atoms with Gasteiger partial charge in [-0.2, -0.15) is 4.98 Å². The minimum absolute atomic E-state index is 0.0341. The number of aromatic nitrogens is 2. The Morgan fingerprint density at radius 3 is 2.30 bits per heavy atom. The second-order valence-electron chi connectivity index (χ2n) is 6.67. The van der Waals surface area contributed by atoms with E-state index in [1.54, 1.807) is 0 Å². The number of hydrogen-bond acceptors (Lipinski definition) is 5. The van der Waals surface area contributed by atoms with Gasteiger partial charge in [0, 0.05) is 42.3 Å². The number of rotatable bonds is 7. The second-order valence-corrected chi connectivity index (χ2v) is 6.67. The number of nitrogens with one attached hydrogen (secondary N) is 4. The average molecular weight is 412 g/mol. The molecule has 0 bridgehead atoms. The van der Waals surface area contributed by atoms with E-state index in [1.807, 2.05) is 44.2 Å². The summed E-state index contributed by atoms with van der Waals surface area (Å²) < 4.78 is 26.3. The molecular formula is C21H22F2N6O. The zero-order valence-electron chi connectivity index (χ0n) is 16.6. The molecule has 4 N–H and O–H groups in total. The topological polar surface area (TPSA) is 91.0 Å². The Bertz CT molecular complexity index is 1010. The first-order chi connectivity index (χ1) is 14.4. The SMILES string of the molecule is Cc1ccc(Nc2cc(C)nc(NCCNC(=O)Nc3cc(F)cc(F)c3)n2)cc1. The zero-order valence-corrected chi connectivity index (χ0v) is 16.6. The summed E-state index contributed by atoms with van der Waals surface area (Å²) in [6.45, 7) is 4.49. The minimum Gasteiger partial charge on any atom is -0.352 e. The predicted octanol–water partition coefficient (Wildman–Crippen LogP) is 4.35. The Hall–Kier alpha value is -3.75. The van der Waals surface area contributed by atoms with Crippen molar-refractivity contribution in [2.75, 3.05) is 29.0 Å². The summed E-state index contributed by atoms with van der Waals surface area (Å²) in [6, 6.07) is 12.0. The molecular weight excluding hydrogens is 390 g/mol. The normalized spacial score (nSPS) is 10.4. The summed E-state index contributed by atoms with van der Waals surface area (Å²) in [6.07, 6.45) is 0. The van der Waals surface area contributed by atoms with Crippen LogP contribution in [0.5, 0.6) is 0 Å². The van der Waals surface area contributed by atoms with E-state index in [0.29, 0.717) is 18.3 Å². The third-order valence-electron chi connectivity index (χ3n) is 3.99. The zero-order chi connectivity index (χ0) is 21.5. The number of aryl methyl sites for hydroxylation is 2. The molecule has 3 aromatic rings. The summed E-state index contributed by atoms with van der Waals surface area (Å²) >= 11 is 0. The van der Waals surface area contributed by atoms with Crippen molar-refractivity contribution in [1.29, 1.82) is 0 Å². The maximum Gasteiger partial charge on any atom is 0.319 e. The van der Waals surface area contributed by atoms with Gasteiger partial charge >= 0.3 is 6.03 Å². The molecule has 30 heavy (non-hydrogen) atoms. The molecule has 0 saturated heterocycles. The Morgan fingerprint density at radius 2 is 1.60 bits per heavy atom. The molecule has 0 spiro atoms. The Morgan fingerprint density at radius 1 is 0.900 bits per heavy atom. The first-order valence-electron chi connectivity index (χ1n) is 9.31. The van der Waals surface area contributed by atoms with Crippen molar-refractivity contribution in [3.8, 4) is 0 Å². The van der Waals surface area contributed by atoms with Crippen molar-refractivity contribution in [3.05, 3.63) is 71.4 Å². The highest BCUT2D eigenvalue weighted by Gasteiger charge is 2.06. The van der Waals surface area contributed by atoms with Gasteiger partial charge in [-0.3, -0.25) is 0 Å². The largest absolute Gasteiger partial charge is 0.352 e. The molecule has 0 atom stereocenters. The fourth-order valence-corrected chi connectivity index (χ4v) is 2.65. The highest BCUT2D eigenvalue weighted by Crippen LogP contribution is 2.17. The second kappa shape index (κ2) is 9.64. The van der Waals surface area contributed by atoms with E-state index in [0.717, 1.165) is 29.6 Å². The van der Waals surface area contributed by atoms with Gasteiger partial charge in [0.05, 0.1) is 0 Å². The van der Waals surface area contributed by atoms with Gasteiger partial charge in [-0.15, -0.1) is 0 Å². The number of benzene rings is 2. The van der Waals surface area contributed by atoms with Crippen molar-refractivity contribution >= 4 is 29.2 Å². The van der Waals surface area contributed by atoms with Crippen molar-refractivity contribution < 1.29 is 13.6 Å². The fourth-order valence-electron chi connectivity index (χ4n) is 2.65. The third kappa shape index (κ3) is 6.40. The number of carbonyl (C=O) groups is 1. The highest BCUT2D eigenvalue weighted by atomic mass is 19.1. The lowest BCUT2D eigenvalue weighted by Crippen LogP contribution is -2.32. The Kier molecular flexibility index (Phi) is 6.74. The van der Waals surface area contributed by atoms with E-state index in [-0.39, 0.29) is 12.2 Å². The molecule has 3 rings (SSSR count). The number of nitrogens with zero attached hydrogens (tertiary/aromatic N) is 2. The maximum absolute atomic E-state index is 13.2. The molecule has 7 nitrogen and oxygen atoms in total. The molecule has 0 saturated carbocycles. The number of amides is 2. The molecule has 0 aliphatic carbocycles. The Balaban J connectivity index is 1.49. The first kappa shape index (κ1) is 21.0. The summed E-state index contributed by atoms with van der Waals surface area (Å²) in [5.41, 5.74) is 2.89. The van der Waals surface area contributed by atoms with Crippen molar-refractivity contribution in [2.24, 2.45) is 0 Å². The third-order valence-corrected chi connectivity index (χ3v) is 3.99. The number of carbonyl (C=O) groups excluding carboxylic acids is 1. The van der Waals surface area contributed by atoms with Crippen LogP contribution in [-0.2, 0) is 0 Å². The first-order valence-corrected chi connectivity index (χ1v) is 9.31. The summed E-state index contributed by atoms with van der Waals surface area (Å²) in [5.74, 6) is -0.469. The van der Waals surface area contributed by atoms with Crippen LogP contribution in [0.1, 0.15) is 11.3 Å². The number of hydrogen-bond donors (Lipinski definition) is 4. The van der Waals surface area contributed by atoms with E-state index >= 15 is 0 Å². The van der Waals surface area contributed by atoms with E-state index in [9.17, 15) is 13.6 Å². The molecule has 1 aromatic heterocycles. The van der Waals surface area contributed by atoms with Gasteiger partial charge in [0.25, 0.3) is 0 Å². The van der Waals surface area contributed by atoms with Crippen molar-refractivity contribution in [3.63, 3.8) is 0 Å². The van der Waals surface area contributed by atoms with Crippen LogP contribution in [0.25, 0.3) is 0 Å². The number of urea groups is 1. The molecule has 156 valence electrons. The van der Waals surface area contributed by atoms with Gasteiger partial charge < -0.3 is 21.3 Å². The smallest absolute Gasteiger partial charge is 0.319 e. The predicted molar refractivity (Wildman–Crippen MR) is 113 cm³/mol. The molecule has 2 aromatic carbocycles. The molecule has 0 fully saturated rings. The summed E-state index contributed by atoms with van der Waals surface area (Å²) in [7, 11) is 0. The van der Waals surface area contributed by atoms with Crippen LogP contribution < -0.4 is 21.3 Å². The molecule has 2 amide bonds. The van der Waals surface area contributed by atoms with E-state index in [2.05, 4.69) is 31.2 Å². The van der Waals surface area contributed by atoms with Crippen LogP contribution in [0.3, 0.4) is 0 Å². The average Bonchev–Trinajstić information content (AvgIpc) is 2.66. The van der Waals surface area contributed by atoms with Gasteiger partial charge in [0.15, 0.2) is 0 Å². The van der Waals surface area contributed by atoms with Crippen molar-refractivity contribution in [2.45, 2.75) is 13.8 Å².